The minimum atomic E-state index is -4.31. The van der Waals surface area contributed by atoms with Gasteiger partial charge in [-0.05, 0) is 24.5 Å². The molecule has 1 aromatic carbocycles. The first-order valence-corrected chi connectivity index (χ1v) is 4.75. The Morgan fingerprint density at radius 3 is 2.13 bits per heavy atom. The van der Waals surface area contributed by atoms with Crippen LogP contribution in [-0.2, 0) is 6.18 Å². The van der Waals surface area contributed by atoms with Gasteiger partial charge in [-0.2, -0.15) is 13.2 Å². The third kappa shape index (κ3) is 2.72. The number of nitrogens with two attached hydrogens (primary N) is 1. The van der Waals surface area contributed by atoms with Crippen molar-refractivity contribution in [1.82, 2.24) is 0 Å². The first kappa shape index (κ1) is 12.0. The van der Waals surface area contributed by atoms with Crippen molar-refractivity contribution >= 4 is 0 Å². The zero-order valence-corrected chi connectivity index (χ0v) is 8.68. The van der Waals surface area contributed by atoms with Gasteiger partial charge >= 0.3 is 6.18 Å². The second-order valence-corrected chi connectivity index (χ2v) is 3.73. The summed E-state index contributed by atoms with van der Waals surface area (Å²) in [6, 6.07) is 5.27. The second kappa shape index (κ2) is 4.23. The summed E-state index contributed by atoms with van der Waals surface area (Å²) in [6.07, 6.45) is -4.31. The Hall–Kier alpha value is -1.03. The fraction of sp³-hybridized carbons (Fsp3) is 0.455. The molecule has 4 heteroatoms. The van der Waals surface area contributed by atoms with Crippen LogP contribution in [0.2, 0.25) is 0 Å². The highest BCUT2D eigenvalue weighted by Crippen LogP contribution is 2.35. The van der Waals surface area contributed by atoms with Gasteiger partial charge < -0.3 is 5.73 Å². The van der Waals surface area contributed by atoms with Crippen LogP contribution in [0.25, 0.3) is 0 Å². The van der Waals surface area contributed by atoms with E-state index in [1.807, 2.05) is 0 Å². The zero-order chi connectivity index (χ0) is 11.6. The molecule has 0 saturated carbocycles. The van der Waals surface area contributed by atoms with E-state index < -0.39 is 11.7 Å². The molecule has 1 rings (SSSR count). The van der Waals surface area contributed by atoms with Crippen LogP contribution in [0.1, 0.15) is 30.9 Å². The number of rotatable bonds is 2. The molecule has 0 unspecified atom stereocenters. The van der Waals surface area contributed by atoms with Crippen molar-refractivity contribution in [2.75, 3.05) is 0 Å². The minimum Gasteiger partial charge on any atom is -0.327 e. The molecule has 0 bridgehead atoms. The van der Waals surface area contributed by atoms with Crippen LogP contribution >= 0.6 is 0 Å². The van der Waals surface area contributed by atoms with E-state index in [9.17, 15) is 13.2 Å². The van der Waals surface area contributed by atoms with Crippen LogP contribution < -0.4 is 5.73 Å². The number of benzene rings is 1. The Morgan fingerprint density at radius 2 is 1.67 bits per heavy atom. The lowest BCUT2D eigenvalue weighted by Gasteiger charge is -2.20. The maximum Gasteiger partial charge on any atom is 0.416 e. The van der Waals surface area contributed by atoms with Crippen LogP contribution in [0.15, 0.2) is 24.3 Å². The van der Waals surface area contributed by atoms with Gasteiger partial charge in [0.15, 0.2) is 0 Å². The molecule has 0 aliphatic carbocycles. The molecule has 15 heavy (non-hydrogen) atoms. The molecule has 0 fully saturated rings. The Morgan fingerprint density at radius 1 is 1.13 bits per heavy atom. The van der Waals surface area contributed by atoms with Crippen molar-refractivity contribution < 1.29 is 13.2 Å². The summed E-state index contributed by atoms with van der Waals surface area (Å²) >= 11 is 0. The predicted octanol–water partition coefficient (Wildman–Crippen LogP) is 3.16. The highest BCUT2D eigenvalue weighted by Gasteiger charge is 2.34. The molecule has 84 valence electrons. The SMILES string of the molecule is C[C@H](N)[C@H](C)c1ccccc1C(F)(F)F. The number of hydrogen-bond acceptors (Lipinski definition) is 1. The first-order valence-electron chi connectivity index (χ1n) is 4.75. The van der Waals surface area contributed by atoms with Gasteiger partial charge in [0.05, 0.1) is 5.56 Å². The smallest absolute Gasteiger partial charge is 0.327 e. The van der Waals surface area contributed by atoms with Crippen molar-refractivity contribution in [3.63, 3.8) is 0 Å². The van der Waals surface area contributed by atoms with E-state index in [0.717, 1.165) is 6.07 Å². The van der Waals surface area contributed by atoms with Crippen molar-refractivity contribution in [2.24, 2.45) is 5.73 Å². The molecule has 0 aromatic heterocycles. The largest absolute Gasteiger partial charge is 0.416 e. The topological polar surface area (TPSA) is 26.0 Å². The van der Waals surface area contributed by atoms with E-state index in [-0.39, 0.29) is 17.5 Å². The normalized spacial score (nSPS) is 16.1. The molecule has 0 aliphatic heterocycles. The van der Waals surface area contributed by atoms with Gasteiger partial charge in [-0.15, -0.1) is 0 Å². The molecular weight excluding hydrogens is 203 g/mol. The lowest BCUT2D eigenvalue weighted by atomic mass is 9.91. The summed E-state index contributed by atoms with van der Waals surface area (Å²) in [4.78, 5) is 0. The molecule has 1 aromatic rings. The van der Waals surface area contributed by atoms with Gasteiger partial charge in [0.2, 0.25) is 0 Å². The summed E-state index contributed by atoms with van der Waals surface area (Å²) < 4.78 is 37.9. The number of hydrogen-bond donors (Lipinski definition) is 1. The van der Waals surface area contributed by atoms with Crippen molar-refractivity contribution in [2.45, 2.75) is 32.0 Å². The Kier molecular flexibility index (Phi) is 3.39. The highest BCUT2D eigenvalue weighted by molar-refractivity contribution is 5.33. The molecule has 0 radical (unpaired) electrons. The van der Waals surface area contributed by atoms with Crippen LogP contribution in [-0.4, -0.2) is 6.04 Å². The van der Waals surface area contributed by atoms with Crippen LogP contribution in [0.5, 0.6) is 0 Å². The van der Waals surface area contributed by atoms with E-state index >= 15 is 0 Å². The summed E-state index contributed by atoms with van der Waals surface area (Å²) in [5.41, 5.74) is 5.29. The summed E-state index contributed by atoms with van der Waals surface area (Å²) in [7, 11) is 0. The molecule has 2 atom stereocenters. The predicted molar refractivity (Wildman–Crippen MR) is 53.5 cm³/mol. The van der Waals surface area contributed by atoms with Gasteiger partial charge in [0.25, 0.3) is 0 Å². The molecule has 0 amide bonds. The van der Waals surface area contributed by atoms with Crippen molar-refractivity contribution in [3.8, 4) is 0 Å². The lowest BCUT2D eigenvalue weighted by molar-refractivity contribution is -0.138. The zero-order valence-electron chi connectivity index (χ0n) is 8.68. The Bertz CT molecular complexity index is 331. The molecular formula is C11H14F3N. The van der Waals surface area contributed by atoms with Crippen LogP contribution in [0.3, 0.4) is 0 Å². The summed E-state index contributed by atoms with van der Waals surface area (Å²) in [5, 5.41) is 0. The van der Waals surface area contributed by atoms with Crippen molar-refractivity contribution in [1.29, 1.82) is 0 Å². The second-order valence-electron chi connectivity index (χ2n) is 3.73. The maximum atomic E-state index is 12.6. The average molecular weight is 217 g/mol. The number of halogens is 3. The quantitative estimate of drug-likeness (QED) is 0.809. The van der Waals surface area contributed by atoms with E-state index in [0.29, 0.717) is 0 Å². The van der Waals surface area contributed by atoms with Gasteiger partial charge in [-0.1, -0.05) is 25.1 Å². The maximum absolute atomic E-state index is 12.6. The monoisotopic (exact) mass is 217 g/mol. The fourth-order valence-electron chi connectivity index (χ4n) is 1.44. The van der Waals surface area contributed by atoms with Gasteiger partial charge in [0, 0.05) is 6.04 Å². The van der Waals surface area contributed by atoms with E-state index in [2.05, 4.69) is 0 Å². The summed E-state index contributed by atoms with van der Waals surface area (Å²) in [5.74, 6) is -0.303. The van der Waals surface area contributed by atoms with Gasteiger partial charge in [0.1, 0.15) is 0 Å². The van der Waals surface area contributed by atoms with Gasteiger partial charge in [-0.25, -0.2) is 0 Å². The lowest BCUT2D eigenvalue weighted by Crippen LogP contribution is -2.24. The average Bonchev–Trinajstić information content (AvgIpc) is 2.15. The molecule has 0 aliphatic rings. The van der Waals surface area contributed by atoms with Crippen LogP contribution in [0.4, 0.5) is 13.2 Å². The fourth-order valence-corrected chi connectivity index (χ4v) is 1.44. The molecule has 0 saturated heterocycles. The molecule has 0 spiro atoms. The number of alkyl halides is 3. The Balaban J connectivity index is 3.18. The third-order valence-corrected chi connectivity index (χ3v) is 2.55. The van der Waals surface area contributed by atoms with Crippen LogP contribution in [0, 0.1) is 0 Å². The minimum absolute atomic E-state index is 0.264. The molecule has 0 heterocycles. The first-order chi connectivity index (χ1) is 6.84. The van der Waals surface area contributed by atoms with E-state index in [1.54, 1.807) is 19.9 Å². The van der Waals surface area contributed by atoms with Crippen molar-refractivity contribution in [3.05, 3.63) is 35.4 Å². The molecule has 1 nitrogen and oxygen atoms in total. The highest BCUT2D eigenvalue weighted by atomic mass is 19.4. The van der Waals surface area contributed by atoms with E-state index in [4.69, 9.17) is 5.73 Å². The van der Waals surface area contributed by atoms with Gasteiger partial charge in [-0.3, -0.25) is 0 Å². The third-order valence-electron chi connectivity index (χ3n) is 2.55. The summed E-state index contributed by atoms with van der Waals surface area (Å²) in [6.45, 7) is 3.41. The Labute approximate surface area is 87.1 Å². The molecule has 2 N–H and O–H groups in total. The standard InChI is InChI=1S/C11H14F3N/c1-7(8(2)15)9-5-3-4-6-10(9)11(12,13)14/h3-8H,15H2,1-2H3/t7-,8-/m0/s1. The van der Waals surface area contributed by atoms with E-state index in [1.165, 1.54) is 12.1 Å².